The molecule has 1 aliphatic heterocycles. The fourth-order valence-electron chi connectivity index (χ4n) is 3.35. The molecule has 0 N–H and O–H groups in total. The normalized spacial score (nSPS) is 16.8. The van der Waals surface area contributed by atoms with E-state index in [0.29, 0.717) is 5.39 Å². The summed E-state index contributed by atoms with van der Waals surface area (Å²) in [5.41, 5.74) is 4.26. The largest absolute Gasteiger partial charge is 0.348 e. The summed E-state index contributed by atoms with van der Waals surface area (Å²) in [6, 6.07) is 8.14. The molecule has 0 amide bonds. The number of benzene rings is 1. The fraction of sp³-hybridized carbons (Fsp3) is 0.294. The van der Waals surface area contributed by atoms with Crippen molar-refractivity contribution in [2.45, 2.75) is 26.3 Å². The first-order chi connectivity index (χ1) is 10.1. The second-order valence-electron chi connectivity index (χ2n) is 5.98. The molecule has 1 aliphatic rings. The molecule has 106 valence electrons. The van der Waals surface area contributed by atoms with E-state index in [1.54, 1.807) is 0 Å². The van der Waals surface area contributed by atoms with Crippen LogP contribution in [0, 0.1) is 6.92 Å². The van der Waals surface area contributed by atoms with Gasteiger partial charge in [-0.15, -0.1) is 0 Å². The van der Waals surface area contributed by atoms with Crippen LogP contribution in [0.15, 0.2) is 35.3 Å². The number of aromatic nitrogens is 3. The molecule has 0 aliphatic carbocycles. The van der Waals surface area contributed by atoms with Gasteiger partial charge in [-0.3, -0.25) is 9.36 Å². The Labute approximate surface area is 122 Å². The van der Waals surface area contributed by atoms with Crippen molar-refractivity contribution in [2.24, 2.45) is 7.05 Å². The van der Waals surface area contributed by atoms with Crippen molar-refractivity contribution < 1.29 is 0 Å². The summed E-state index contributed by atoms with van der Waals surface area (Å²) in [5.74, 6) is 0.789. The minimum atomic E-state index is 0.0676. The first-order valence-electron chi connectivity index (χ1n) is 7.23. The molecule has 4 nitrogen and oxygen atoms in total. The third-order valence-electron chi connectivity index (χ3n) is 4.38. The minimum Gasteiger partial charge on any atom is -0.348 e. The van der Waals surface area contributed by atoms with Crippen LogP contribution in [-0.2, 0) is 13.5 Å². The van der Waals surface area contributed by atoms with E-state index < -0.39 is 0 Å². The lowest BCUT2D eigenvalue weighted by Gasteiger charge is -2.25. The van der Waals surface area contributed by atoms with Gasteiger partial charge in [0.1, 0.15) is 0 Å². The number of nitrogens with zero attached hydrogens (tertiary/aromatic N) is 3. The molecular formula is C17H17N3O. The van der Waals surface area contributed by atoms with Crippen LogP contribution in [-0.4, -0.2) is 14.1 Å². The Morgan fingerprint density at radius 3 is 2.90 bits per heavy atom. The van der Waals surface area contributed by atoms with Gasteiger partial charge >= 0.3 is 0 Å². The molecular weight excluding hydrogens is 262 g/mol. The van der Waals surface area contributed by atoms with Gasteiger partial charge in [-0.2, -0.15) is 0 Å². The van der Waals surface area contributed by atoms with Gasteiger partial charge in [0, 0.05) is 19.3 Å². The fourth-order valence-corrected chi connectivity index (χ4v) is 3.35. The van der Waals surface area contributed by atoms with Crippen LogP contribution >= 0.6 is 0 Å². The smallest absolute Gasteiger partial charge is 0.261 e. The zero-order valence-electron chi connectivity index (χ0n) is 12.4. The van der Waals surface area contributed by atoms with Crippen LogP contribution in [0.5, 0.6) is 0 Å². The SMILES string of the molecule is Cc1ccc2nc3n(c(=O)c2c1)C(C)Cc1ccn(C)c1-3. The monoisotopic (exact) mass is 279 g/mol. The molecule has 0 saturated carbocycles. The number of fused-ring (bicyclic) bond motifs is 4. The van der Waals surface area contributed by atoms with E-state index in [1.165, 1.54) is 5.56 Å². The molecule has 2 aromatic heterocycles. The molecule has 0 radical (unpaired) electrons. The maximum Gasteiger partial charge on any atom is 0.261 e. The number of hydrogen-bond acceptors (Lipinski definition) is 2. The quantitative estimate of drug-likeness (QED) is 0.635. The maximum absolute atomic E-state index is 12.9. The van der Waals surface area contributed by atoms with Gasteiger partial charge in [0.15, 0.2) is 5.82 Å². The summed E-state index contributed by atoms with van der Waals surface area (Å²) >= 11 is 0. The highest BCUT2D eigenvalue weighted by molar-refractivity contribution is 5.80. The number of hydrogen-bond donors (Lipinski definition) is 0. The van der Waals surface area contributed by atoms with Gasteiger partial charge in [-0.1, -0.05) is 11.6 Å². The highest BCUT2D eigenvalue weighted by Gasteiger charge is 2.26. The van der Waals surface area contributed by atoms with Crippen molar-refractivity contribution in [3.8, 4) is 11.5 Å². The summed E-state index contributed by atoms with van der Waals surface area (Å²) in [6.07, 6.45) is 2.92. The van der Waals surface area contributed by atoms with Crippen LogP contribution in [0.25, 0.3) is 22.4 Å². The topological polar surface area (TPSA) is 39.8 Å². The Morgan fingerprint density at radius 1 is 1.29 bits per heavy atom. The molecule has 3 heterocycles. The second-order valence-corrected chi connectivity index (χ2v) is 5.98. The van der Waals surface area contributed by atoms with Gasteiger partial charge in [-0.25, -0.2) is 4.98 Å². The van der Waals surface area contributed by atoms with Gasteiger partial charge in [0.05, 0.1) is 16.6 Å². The highest BCUT2D eigenvalue weighted by Crippen LogP contribution is 2.33. The lowest BCUT2D eigenvalue weighted by molar-refractivity contribution is 0.513. The molecule has 4 rings (SSSR count). The Balaban J connectivity index is 2.17. The van der Waals surface area contributed by atoms with Gasteiger partial charge in [-0.05, 0) is 44.0 Å². The highest BCUT2D eigenvalue weighted by atomic mass is 16.1. The third kappa shape index (κ3) is 1.62. The van der Waals surface area contributed by atoms with Crippen LogP contribution in [0.3, 0.4) is 0 Å². The van der Waals surface area contributed by atoms with Crippen LogP contribution in [0.4, 0.5) is 0 Å². The molecule has 1 unspecified atom stereocenters. The predicted octanol–water partition coefficient (Wildman–Crippen LogP) is 2.83. The van der Waals surface area contributed by atoms with E-state index in [0.717, 1.165) is 29.0 Å². The molecule has 0 bridgehead atoms. The molecule has 4 heteroatoms. The zero-order chi connectivity index (χ0) is 14.7. The Kier molecular flexibility index (Phi) is 2.40. The van der Waals surface area contributed by atoms with Crippen molar-refractivity contribution in [3.63, 3.8) is 0 Å². The maximum atomic E-state index is 12.9. The lowest BCUT2D eigenvalue weighted by atomic mass is 10.0. The van der Waals surface area contributed by atoms with Crippen molar-refractivity contribution >= 4 is 10.9 Å². The predicted molar refractivity (Wildman–Crippen MR) is 83.6 cm³/mol. The Bertz CT molecular complexity index is 933. The summed E-state index contributed by atoms with van der Waals surface area (Å²) in [4.78, 5) is 17.7. The molecule has 0 fully saturated rings. The average Bonchev–Trinajstić information content (AvgIpc) is 2.81. The molecule has 21 heavy (non-hydrogen) atoms. The van der Waals surface area contributed by atoms with E-state index in [-0.39, 0.29) is 11.6 Å². The zero-order valence-corrected chi connectivity index (χ0v) is 12.4. The summed E-state index contributed by atoms with van der Waals surface area (Å²) in [6.45, 7) is 4.09. The van der Waals surface area contributed by atoms with Gasteiger partial charge in [0.25, 0.3) is 5.56 Å². The van der Waals surface area contributed by atoms with E-state index in [4.69, 9.17) is 4.98 Å². The van der Waals surface area contributed by atoms with E-state index in [1.807, 2.05) is 42.9 Å². The van der Waals surface area contributed by atoms with Crippen molar-refractivity contribution in [3.05, 3.63) is 51.9 Å². The van der Waals surface area contributed by atoms with Crippen molar-refractivity contribution in [2.75, 3.05) is 0 Å². The van der Waals surface area contributed by atoms with Crippen LogP contribution in [0.2, 0.25) is 0 Å². The van der Waals surface area contributed by atoms with Crippen LogP contribution in [0.1, 0.15) is 24.1 Å². The molecule has 3 aromatic rings. The van der Waals surface area contributed by atoms with Gasteiger partial charge in [0.2, 0.25) is 0 Å². The average molecular weight is 279 g/mol. The minimum absolute atomic E-state index is 0.0676. The van der Waals surface area contributed by atoms with E-state index in [2.05, 4.69) is 17.6 Å². The summed E-state index contributed by atoms with van der Waals surface area (Å²) in [5, 5.41) is 0.711. The standard InChI is InChI=1S/C17H17N3O/c1-10-4-5-14-13(8-10)17(21)20-11(2)9-12-6-7-19(3)15(12)16(20)18-14/h4-8,11H,9H2,1-3H3. The molecule has 0 spiro atoms. The Morgan fingerprint density at radius 2 is 2.10 bits per heavy atom. The molecule has 0 saturated heterocycles. The molecule has 1 atom stereocenters. The van der Waals surface area contributed by atoms with Gasteiger partial charge < -0.3 is 4.57 Å². The first kappa shape index (κ1) is 12.4. The second kappa shape index (κ2) is 4.07. The summed E-state index contributed by atoms with van der Waals surface area (Å²) in [7, 11) is 2.00. The van der Waals surface area contributed by atoms with Crippen molar-refractivity contribution in [1.29, 1.82) is 0 Å². The van der Waals surface area contributed by atoms with Crippen molar-refractivity contribution in [1.82, 2.24) is 14.1 Å². The van der Waals surface area contributed by atoms with E-state index >= 15 is 0 Å². The first-order valence-corrected chi connectivity index (χ1v) is 7.23. The number of aryl methyl sites for hydroxylation is 2. The third-order valence-corrected chi connectivity index (χ3v) is 4.38. The van der Waals surface area contributed by atoms with Crippen LogP contribution < -0.4 is 5.56 Å². The number of rotatable bonds is 0. The summed E-state index contributed by atoms with van der Waals surface area (Å²) < 4.78 is 3.91. The lowest BCUT2D eigenvalue weighted by Crippen LogP contribution is -2.30. The molecule has 1 aromatic carbocycles. The van der Waals surface area contributed by atoms with E-state index in [9.17, 15) is 4.79 Å². The Hall–Kier alpha value is -2.36.